The lowest BCUT2D eigenvalue weighted by atomic mass is 10.1. The van der Waals surface area contributed by atoms with E-state index in [9.17, 15) is 0 Å². The number of ether oxygens (including phenoxy) is 2. The number of nitrogens with zero attached hydrogens (tertiary/aromatic N) is 2. The molecular formula is C17H20N5O2+. The molecule has 1 aliphatic heterocycles. The number of quaternary nitrogens is 1. The van der Waals surface area contributed by atoms with E-state index in [0.717, 1.165) is 11.4 Å². The van der Waals surface area contributed by atoms with Gasteiger partial charge in [0.2, 0.25) is 5.96 Å². The van der Waals surface area contributed by atoms with Gasteiger partial charge >= 0.3 is 5.96 Å². The molecule has 124 valence electrons. The molecule has 7 nitrogen and oxygen atoms in total. The summed E-state index contributed by atoms with van der Waals surface area (Å²) in [6, 6.07) is 13.5. The second-order valence-electron chi connectivity index (χ2n) is 5.21. The first kappa shape index (κ1) is 15.8. The van der Waals surface area contributed by atoms with E-state index in [0.29, 0.717) is 24.0 Å². The average Bonchev–Trinajstić information content (AvgIpc) is 2.61. The summed E-state index contributed by atoms with van der Waals surface area (Å²) in [6.07, 6.45) is 0. The Hall–Kier alpha value is -3.06. The third-order valence-electron chi connectivity index (χ3n) is 3.64. The summed E-state index contributed by atoms with van der Waals surface area (Å²) < 4.78 is 10.5. The molecule has 0 unspecified atom stereocenters. The smallest absolute Gasteiger partial charge is 0.329 e. The molecule has 0 saturated heterocycles. The van der Waals surface area contributed by atoms with Gasteiger partial charge < -0.3 is 20.5 Å². The van der Waals surface area contributed by atoms with Crippen LogP contribution in [-0.2, 0) is 6.54 Å². The number of hydrogen-bond acceptors (Lipinski definition) is 4. The van der Waals surface area contributed by atoms with Crippen LogP contribution in [0.15, 0.2) is 52.4 Å². The van der Waals surface area contributed by atoms with Crippen LogP contribution in [0.25, 0.3) is 0 Å². The molecule has 0 aromatic heterocycles. The van der Waals surface area contributed by atoms with E-state index in [2.05, 4.69) is 21.4 Å². The second kappa shape index (κ2) is 7.01. The molecule has 0 spiro atoms. The SMILES string of the molecule is COc1ccc(NC(N)=NC2=NCc3ccccc3[NH2+]2)cc1OC. The summed E-state index contributed by atoms with van der Waals surface area (Å²) in [5, 5.41) is 4.95. The molecule has 0 atom stereocenters. The molecule has 2 aromatic carbocycles. The normalized spacial score (nSPS) is 13.8. The summed E-state index contributed by atoms with van der Waals surface area (Å²) in [7, 11) is 3.18. The zero-order valence-corrected chi connectivity index (χ0v) is 13.6. The maximum atomic E-state index is 5.98. The first-order valence-corrected chi connectivity index (χ1v) is 7.50. The maximum Gasteiger partial charge on any atom is 0.329 e. The van der Waals surface area contributed by atoms with Crippen LogP contribution in [-0.4, -0.2) is 26.1 Å². The van der Waals surface area contributed by atoms with Crippen LogP contribution in [0.5, 0.6) is 11.5 Å². The minimum Gasteiger partial charge on any atom is -0.493 e. The van der Waals surface area contributed by atoms with Crippen LogP contribution in [0.1, 0.15) is 5.56 Å². The van der Waals surface area contributed by atoms with Gasteiger partial charge in [0.25, 0.3) is 0 Å². The van der Waals surface area contributed by atoms with Crippen LogP contribution in [0.4, 0.5) is 11.4 Å². The summed E-state index contributed by atoms with van der Waals surface area (Å²) >= 11 is 0. The molecule has 0 amide bonds. The van der Waals surface area contributed by atoms with Gasteiger partial charge in [0.1, 0.15) is 5.69 Å². The summed E-state index contributed by atoms with van der Waals surface area (Å²) in [6.45, 7) is 0.606. The van der Waals surface area contributed by atoms with Crippen molar-refractivity contribution in [2.45, 2.75) is 6.54 Å². The van der Waals surface area contributed by atoms with Crippen molar-refractivity contribution in [3.63, 3.8) is 0 Å². The van der Waals surface area contributed by atoms with Crippen molar-refractivity contribution in [3.05, 3.63) is 48.0 Å². The molecule has 0 radical (unpaired) electrons. The Morgan fingerprint density at radius 2 is 1.96 bits per heavy atom. The van der Waals surface area contributed by atoms with Crippen LogP contribution < -0.4 is 25.8 Å². The van der Waals surface area contributed by atoms with E-state index in [1.165, 1.54) is 5.56 Å². The highest BCUT2D eigenvalue weighted by molar-refractivity contribution is 5.99. The van der Waals surface area contributed by atoms with E-state index < -0.39 is 0 Å². The van der Waals surface area contributed by atoms with Gasteiger partial charge in [-0.1, -0.05) is 18.2 Å². The Labute approximate surface area is 140 Å². The van der Waals surface area contributed by atoms with Gasteiger partial charge in [-0.15, -0.1) is 4.99 Å². The van der Waals surface area contributed by atoms with Gasteiger partial charge in [-0.05, 0) is 18.2 Å². The number of rotatable bonds is 3. The molecule has 5 N–H and O–H groups in total. The first-order valence-electron chi connectivity index (χ1n) is 7.50. The van der Waals surface area contributed by atoms with Crippen molar-refractivity contribution in [1.82, 2.24) is 0 Å². The molecule has 0 fully saturated rings. The fraction of sp³-hybridized carbons (Fsp3) is 0.176. The number of aliphatic imine (C=N–C) groups is 2. The molecule has 24 heavy (non-hydrogen) atoms. The van der Waals surface area contributed by atoms with Gasteiger partial charge in [0.05, 0.1) is 20.8 Å². The van der Waals surface area contributed by atoms with Crippen LogP contribution in [0.2, 0.25) is 0 Å². The quantitative estimate of drug-likeness (QED) is 0.448. The highest BCUT2D eigenvalue weighted by Crippen LogP contribution is 2.29. The largest absolute Gasteiger partial charge is 0.493 e. The zero-order valence-electron chi connectivity index (χ0n) is 13.6. The number of nitrogens with two attached hydrogens (primary N) is 2. The Balaban J connectivity index is 1.72. The maximum absolute atomic E-state index is 5.98. The molecule has 1 heterocycles. The van der Waals surface area contributed by atoms with Crippen molar-refractivity contribution < 1.29 is 14.8 Å². The monoisotopic (exact) mass is 326 g/mol. The summed E-state index contributed by atoms with van der Waals surface area (Å²) in [5.41, 5.74) is 9.04. The third kappa shape index (κ3) is 3.47. The van der Waals surface area contributed by atoms with E-state index >= 15 is 0 Å². The standard InChI is InChI=1S/C17H19N5O2/c1-23-14-8-7-12(9-15(14)24-2)20-16(18)22-17-19-10-11-5-3-4-6-13(11)21-17/h3-9H,10H2,1-2H3,(H4,18,19,20,21,22)/p+1. The number of para-hydroxylation sites is 1. The molecule has 2 aromatic rings. The fourth-order valence-corrected chi connectivity index (χ4v) is 2.45. The summed E-state index contributed by atoms with van der Waals surface area (Å²) in [5.74, 6) is 2.13. The summed E-state index contributed by atoms with van der Waals surface area (Å²) in [4.78, 5) is 8.76. The predicted molar refractivity (Wildman–Crippen MR) is 94.0 cm³/mol. The molecular weight excluding hydrogens is 306 g/mol. The third-order valence-corrected chi connectivity index (χ3v) is 3.64. The Morgan fingerprint density at radius 3 is 2.75 bits per heavy atom. The van der Waals surface area contributed by atoms with Gasteiger partial charge in [-0.2, -0.15) is 0 Å². The van der Waals surface area contributed by atoms with Crippen LogP contribution >= 0.6 is 0 Å². The Morgan fingerprint density at radius 1 is 1.17 bits per heavy atom. The minimum absolute atomic E-state index is 0.261. The van der Waals surface area contributed by atoms with E-state index in [1.807, 2.05) is 29.6 Å². The number of anilines is 1. The van der Waals surface area contributed by atoms with Crippen LogP contribution in [0.3, 0.4) is 0 Å². The lowest BCUT2D eigenvalue weighted by Crippen LogP contribution is -2.83. The van der Waals surface area contributed by atoms with Crippen molar-refractivity contribution in [1.29, 1.82) is 0 Å². The number of hydrogen-bond donors (Lipinski definition) is 3. The van der Waals surface area contributed by atoms with Gasteiger partial charge in [0.15, 0.2) is 11.5 Å². The molecule has 0 saturated carbocycles. The number of benzene rings is 2. The van der Waals surface area contributed by atoms with Gasteiger partial charge in [-0.25, -0.2) is 10.3 Å². The average molecular weight is 326 g/mol. The van der Waals surface area contributed by atoms with Crippen LogP contribution in [0, 0.1) is 0 Å². The predicted octanol–water partition coefficient (Wildman–Crippen LogP) is 1.20. The number of fused-ring (bicyclic) bond motifs is 1. The molecule has 7 heteroatoms. The first-order chi connectivity index (χ1) is 11.7. The topological polar surface area (TPSA) is 97.8 Å². The van der Waals surface area contributed by atoms with E-state index in [4.69, 9.17) is 15.2 Å². The lowest BCUT2D eigenvalue weighted by Gasteiger charge is -2.12. The van der Waals surface area contributed by atoms with Gasteiger partial charge in [-0.3, -0.25) is 0 Å². The molecule has 3 rings (SSSR count). The molecule has 0 aliphatic carbocycles. The number of guanidine groups is 2. The highest BCUT2D eigenvalue weighted by atomic mass is 16.5. The van der Waals surface area contributed by atoms with Crippen molar-refractivity contribution in [3.8, 4) is 11.5 Å². The van der Waals surface area contributed by atoms with Crippen molar-refractivity contribution in [2.75, 3.05) is 19.5 Å². The molecule has 1 aliphatic rings. The lowest BCUT2D eigenvalue weighted by molar-refractivity contribution is -0.448. The number of methoxy groups -OCH3 is 2. The van der Waals surface area contributed by atoms with Crippen molar-refractivity contribution in [2.24, 2.45) is 15.7 Å². The zero-order chi connectivity index (χ0) is 16.9. The Kier molecular flexibility index (Phi) is 4.62. The second-order valence-corrected chi connectivity index (χ2v) is 5.21. The van der Waals surface area contributed by atoms with Crippen molar-refractivity contribution >= 4 is 23.3 Å². The highest BCUT2D eigenvalue weighted by Gasteiger charge is 2.16. The minimum atomic E-state index is 0.261. The fourth-order valence-electron chi connectivity index (χ4n) is 2.45. The van der Waals surface area contributed by atoms with E-state index in [1.54, 1.807) is 26.4 Å². The Bertz CT molecular complexity index is 801. The number of nitrogens with one attached hydrogen (secondary N) is 1. The molecule has 0 bridgehead atoms. The van der Waals surface area contributed by atoms with E-state index in [-0.39, 0.29) is 5.96 Å². The van der Waals surface area contributed by atoms with Gasteiger partial charge in [0, 0.05) is 17.3 Å².